The van der Waals surface area contributed by atoms with Crippen LogP contribution in [-0.2, 0) is 0 Å². The second kappa shape index (κ2) is 8.75. The molecule has 0 aliphatic heterocycles. The highest BCUT2D eigenvalue weighted by Gasteiger charge is 2.26. The van der Waals surface area contributed by atoms with Gasteiger partial charge in [-0.1, -0.05) is 65.5 Å². The number of rotatable bonds is 3. The predicted molar refractivity (Wildman–Crippen MR) is 139 cm³/mol. The lowest BCUT2D eigenvalue weighted by Crippen LogP contribution is -2.27. The number of nitrogens with one attached hydrogen (secondary N) is 2. The molecule has 0 radical (unpaired) electrons. The fourth-order valence-electron chi connectivity index (χ4n) is 3.59. The maximum atomic E-state index is 6.36. The van der Waals surface area contributed by atoms with E-state index < -0.39 is 0 Å². The van der Waals surface area contributed by atoms with E-state index in [0.29, 0.717) is 0 Å². The SMILES string of the molecule is CC(C)(C)C(N)c1ncc(-c2ccc(C#Cc3ccc4nc([C@@H](N)C(C)(C)C)[nH]c4c3)cc2)[nH]1. The van der Waals surface area contributed by atoms with E-state index in [1.54, 1.807) is 0 Å². The van der Waals surface area contributed by atoms with Crippen LogP contribution in [0.3, 0.4) is 0 Å². The average Bonchev–Trinajstić information content (AvgIpc) is 3.42. The molecule has 0 fully saturated rings. The van der Waals surface area contributed by atoms with Gasteiger partial charge in [-0.2, -0.15) is 0 Å². The number of imidazole rings is 2. The van der Waals surface area contributed by atoms with Gasteiger partial charge < -0.3 is 21.4 Å². The Morgan fingerprint density at radius 1 is 0.765 bits per heavy atom. The topological polar surface area (TPSA) is 109 Å². The third kappa shape index (κ3) is 5.06. The first-order chi connectivity index (χ1) is 15.9. The van der Waals surface area contributed by atoms with Gasteiger partial charge in [0.25, 0.3) is 0 Å². The number of benzene rings is 2. The van der Waals surface area contributed by atoms with Crippen molar-refractivity contribution in [2.45, 2.75) is 53.6 Å². The highest BCUT2D eigenvalue weighted by Crippen LogP contribution is 2.31. The van der Waals surface area contributed by atoms with Crippen molar-refractivity contribution in [3.05, 3.63) is 71.4 Å². The minimum atomic E-state index is -0.164. The standard InChI is InChI=1S/C28H34N6/c1-27(2,3)23(29)25-31-16-22(34-25)19-12-9-17(10-13-19)7-8-18-11-14-20-21(15-18)33-26(32-20)24(30)28(4,5)6/h9-16,23-24H,29-30H2,1-6H3,(H,31,34)(H,32,33)/t23?,24-/m1/s1. The Hall–Kier alpha value is -3.40. The summed E-state index contributed by atoms with van der Waals surface area (Å²) in [6.45, 7) is 12.7. The normalized spacial score (nSPS) is 14.0. The van der Waals surface area contributed by atoms with Crippen molar-refractivity contribution in [3.8, 4) is 23.1 Å². The van der Waals surface area contributed by atoms with Gasteiger partial charge in [0, 0.05) is 11.1 Å². The van der Waals surface area contributed by atoms with Crippen LogP contribution in [0.2, 0.25) is 0 Å². The molecule has 4 aromatic rings. The molecule has 1 unspecified atom stereocenters. The van der Waals surface area contributed by atoms with E-state index in [0.717, 1.165) is 45.1 Å². The molecule has 6 N–H and O–H groups in total. The molecule has 0 amide bonds. The monoisotopic (exact) mass is 454 g/mol. The molecule has 0 saturated carbocycles. The van der Waals surface area contributed by atoms with Gasteiger partial charge in [0.1, 0.15) is 11.6 Å². The van der Waals surface area contributed by atoms with Gasteiger partial charge in [0.15, 0.2) is 0 Å². The Kier molecular flexibility index (Phi) is 6.11. The van der Waals surface area contributed by atoms with Crippen LogP contribution >= 0.6 is 0 Å². The molecule has 2 aromatic carbocycles. The van der Waals surface area contributed by atoms with Crippen molar-refractivity contribution in [1.82, 2.24) is 19.9 Å². The lowest BCUT2D eigenvalue weighted by molar-refractivity contribution is 0.317. The van der Waals surface area contributed by atoms with Gasteiger partial charge in [0.2, 0.25) is 0 Å². The van der Waals surface area contributed by atoms with Crippen molar-refractivity contribution in [2.75, 3.05) is 0 Å². The Balaban J connectivity index is 1.51. The number of hydrogen-bond acceptors (Lipinski definition) is 4. The summed E-state index contributed by atoms with van der Waals surface area (Å²) in [5.41, 5.74) is 18.3. The Morgan fingerprint density at radius 3 is 2.00 bits per heavy atom. The molecule has 4 rings (SSSR count). The number of aromatic amines is 2. The van der Waals surface area contributed by atoms with Crippen LogP contribution in [-0.4, -0.2) is 19.9 Å². The quantitative estimate of drug-likeness (QED) is 0.309. The number of hydrogen-bond donors (Lipinski definition) is 4. The minimum Gasteiger partial charge on any atom is -0.341 e. The number of fused-ring (bicyclic) bond motifs is 1. The van der Waals surface area contributed by atoms with Gasteiger partial charge in [0.05, 0.1) is 35.0 Å². The Labute approximate surface area is 201 Å². The number of H-pyrrole nitrogens is 2. The van der Waals surface area contributed by atoms with E-state index in [1.165, 1.54) is 0 Å². The fourth-order valence-corrected chi connectivity index (χ4v) is 3.59. The zero-order valence-corrected chi connectivity index (χ0v) is 20.8. The molecule has 2 atom stereocenters. The van der Waals surface area contributed by atoms with Crippen LogP contribution in [0.5, 0.6) is 0 Å². The largest absolute Gasteiger partial charge is 0.341 e. The van der Waals surface area contributed by atoms with Gasteiger partial charge >= 0.3 is 0 Å². The molecular weight excluding hydrogens is 420 g/mol. The maximum Gasteiger partial charge on any atom is 0.124 e. The summed E-state index contributed by atoms with van der Waals surface area (Å²) in [4.78, 5) is 15.9. The van der Waals surface area contributed by atoms with Crippen LogP contribution in [0.4, 0.5) is 0 Å². The highest BCUT2D eigenvalue weighted by molar-refractivity contribution is 5.77. The molecule has 0 aliphatic carbocycles. The molecule has 34 heavy (non-hydrogen) atoms. The molecule has 0 spiro atoms. The summed E-state index contributed by atoms with van der Waals surface area (Å²) in [6, 6.07) is 13.8. The van der Waals surface area contributed by atoms with Crippen LogP contribution in [0, 0.1) is 22.7 Å². The molecule has 0 aliphatic rings. The zero-order chi connectivity index (χ0) is 24.7. The third-order valence-electron chi connectivity index (χ3n) is 6.10. The second-order valence-corrected chi connectivity index (χ2v) is 11.1. The summed E-state index contributed by atoms with van der Waals surface area (Å²) in [5, 5.41) is 0. The van der Waals surface area contributed by atoms with Crippen LogP contribution in [0.15, 0.2) is 48.7 Å². The van der Waals surface area contributed by atoms with Crippen molar-refractivity contribution in [2.24, 2.45) is 22.3 Å². The predicted octanol–water partition coefficient (Wildman–Crippen LogP) is 5.44. The summed E-state index contributed by atoms with van der Waals surface area (Å²) < 4.78 is 0. The maximum absolute atomic E-state index is 6.36. The van der Waals surface area contributed by atoms with E-state index in [9.17, 15) is 0 Å². The van der Waals surface area contributed by atoms with Gasteiger partial charge in [-0.05, 0) is 46.7 Å². The van der Waals surface area contributed by atoms with Gasteiger partial charge in [-0.25, -0.2) is 9.97 Å². The molecule has 176 valence electrons. The van der Waals surface area contributed by atoms with E-state index in [1.807, 2.05) is 48.7 Å². The molecule has 6 heteroatoms. The van der Waals surface area contributed by atoms with Crippen LogP contribution in [0.25, 0.3) is 22.3 Å². The van der Waals surface area contributed by atoms with Gasteiger partial charge in [-0.15, -0.1) is 0 Å². The van der Waals surface area contributed by atoms with Crippen molar-refractivity contribution in [3.63, 3.8) is 0 Å². The molecule has 6 nitrogen and oxygen atoms in total. The van der Waals surface area contributed by atoms with E-state index in [4.69, 9.17) is 11.5 Å². The zero-order valence-electron chi connectivity index (χ0n) is 20.8. The summed E-state index contributed by atoms with van der Waals surface area (Å²) in [6.07, 6.45) is 1.83. The summed E-state index contributed by atoms with van der Waals surface area (Å²) in [7, 11) is 0. The van der Waals surface area contributed by atoms with Crippen molar-refractivity contribution < 1.29 is 0 Å². The average molecular weight is 455 g/mol. The number of aromatic nitrogens is 4. The van der Waals surface area contributed by atoms with Crippen molar-refractivity contribution >= 4 is 11.0 Å². The molecule has 2 heterocycles. The Bertz CT molecular complexity index is 1350. The second-order valence-electron chi connectivity index (χ2n) is 11.1. The van der Waals surface area contributed by atoms with E-state index >= 15 is 0 Å². The minimum absolute atomic E-state index is 0.0616. The molecule has 0 saturated heterocycles. The summed E-state index contributed by atoms with van der Waals surface area (Å²) >= 11 is 0. The van der Waals surface area contributed by atoms with E-state index in [2.05, 4.69) is 73.3 Å². The van der Waals surface area contributed by atoms with Crippen LogP contribution in [0.1, 0.15) is 76.4 Å². The van der Waals surface area contributed by atoms with Crippen LogP contribution < -0.4 is 11.5 Å². The van der Waals surface area contributed by atoms with E-state index in [-0.39, 0.29) is 22.9 Å². The first-order valence-corrected chi connectivity index (χ1v) is 11.6. The fraction of sp³-hybridized carbons (Fsp3) is 0.357. The van der Waals surface area contributed by atoms with Crippen molar-refractivity contribution in [1.29, 1.82) is 0 Å². The number of nitrogens with zero attached hydrogens (tertiary/aromatic N) is 2. The third-order valence-corrected chi connectivity index (χ3v) is 6.10. The smallest absolute Gasteiger partial charge is 0.124 e. The molecular formula is C28H34N6. The summed E-state index contributed by atoms with van der Waals surface area (Å²) in [5.74, 6) is 8.10. The molecule has 2 aromatic heterocycles. The lowest BCUT2D eigenvalue weighted by atomic mass is 9.87. The Morgan fingerprint density at radius 2 is 1.35 bits per heavy atom. The number of nitrogens with two attached hydrogens (primary N) is 2. The highest BCUT2D eigenvalue weighted by atomic mass is 15.0. The first kappa shape index (κ1) is 23.7. The first-order valence-electron chi connectivity index (χ1n) is 11.6. The lowest BCUT2D eigenvalue weighted by Gasteiger charge is -2.24. The van der Waals surface area contributed by atoms with Gasteiger partial charge in [-0.3, -0.25) is 0 Å². The molecule has 0 bridgehead atoms.